The fourth-order valence-electron chi connectivity index (χ4n) is 2.31. The lowest BCUT2D eigenvalue weighted by atomic mass is 10.2. The molecular weight excluding hydrogens is 230 g/mol. The number of carbonyl (C=O) groups excluding carboxylic acids is 1. The van der Waals surface area contributed by atoms with E-state index in [9.17, 15) is 4.79 Å². The first-order chi connectivity index (χ1) is 8.63. The number of hydrogen-bond acceptors (Lipinski definition) is 5. The van der Waals surface area contributed by atoms with E-state index < -0.39 is 0 Å². The second kappa shape index (κ2) is 5.25. The van der Waals surface area contributed by atoms with Gasteiger partial charge < -0.3 is 15.4 Å². The molecule has 5 heteroatoms. The Morgan fingerprint density at radius 1 is 1.67 bits per heavy atom. The van der Waals surface area contributed by atoms with Crippen molar-refractivity contribution in [2.75, 3.05) is 23.8 Å². The van der Waals surface area contributed by atoms with Gasteiger partial charge in [-0.2, -0.15) is 0 Å². The first-order valence-electron chi connectivity index (χ1n) is 6.32. The Morgan fingerprint density at radius 2 is 2.44 bits per heavy atom. The zero-order valence-corrected chi connectivity index (χ0v) is 10.8. The third-order valence-corrected chi connectivity index (χ3v) is 3.21. The van der Waals surface area contributed by atoms with Gasteiger partial charge in [-0.05, 0) is 32.8 Å². The normalized spacial score (nSPS) is 19.0. The number of nitrogens with two attached hydrogens (primary N) is 1. The van der Waals surface area contributed by atoms with E-state index in [1.807, 2.05) is 0 Å². The lowest BCUT2D eigenvalue weighted by Gasteiger charge is -2.24. The summed E-state index contributed by atoms with van der Waals surface area (Å²) in [4.78, 5) is 18.4. The number of carbonyl (C=O) groups is 1. The lowest BCUT2D eigenvalue weighted by Crippen LogP contribution is -2.29. The third-order valence-electron chi connectivity index (χ3n) is 3.21. The zero-order chi connectivity index (χ0) is 13.1. The summed E-state index contributed by atoms with van der Waals surface area (Å²) in [5.74, 6) is 0.332. The number of ether oxygens (including phenoxy) is 1. The van der Waals surface area contributed by atoms with Crippen LogP contribution in [-0.2, 0) is 4.74 Å². The second-order valence-electron chi connectivity index (χ2n) is 4.54. The molecule has 0 amide bonds. The van der Waals surface area contributed by atoms with Crippen molar-refractivity contribution < 1.29 is 9.53 Å². The number of hydrogen-bond donors (Lipinski definition) is 1. The largest absolute Gasteiger partial charge is 0.462 e. The van der Waals surface area contributed by atoms with Gasteiger partial charge in [0.05, 0.1) is 18.5 Å². The summed E-state index contributed by atoms with van der Waals surface area (Å²) in [5.41, 5.74) is 6.65. The standard InChI is InChI=1S/C13H19N3O2/c1-3-18-13(17)11-7-10(14)8-15-12(11)16-6-4-5-9(16)2/h7-9H,3-6,14H2,1-2H3. The average molecular weight is 249 g/mol. The summed E-state index contributed by atoms with van der Waals surface area (Å²) in [7, 11) is 0. The molecule has 2 heterocycles. The molecule has 1 unspecified atom stereocenters. The highest BCUT2D eigenvalue weighted by atomic mass is 16.5. The molecule has 1 aromatic heterocycles. The van der Waals surface area contributed by atoms with Crippen molar-refractivity contribution in [3.8, 4) is 0 Å². The highest BCUT2D eigenvalue weighted by molar-refractivity contribution is 5.95. The highest BCUT2D eigenvalue weighted by Crippen LogP contribution is 2.28. The van der Waals surface area contributed by atoms with Crippen molar-refractivity contribution in [3.05, 3.63) is 17.8 Å². The van der Waals surface area contributed by atoms with Gasteiger partial charge in [0.25, 0.3) is 0 Å². The molecular formula is C13H19N3O2. The number of anilines is 2. The topological polar surface area (TPSA) is 68.5 Å². The number of rotatable bonds is 3. The summed E-state index contributed by atoms with van der Waals surface area (Å²) in [6.45, 7) is 5.20. The Morgan fingerprint density at radius 3 is 3.06 bits per heavy atom. The summed E-state index contributed by atoms with van der Waals surface area (Å²) in [6, 6.07) is 2.04. The minimum absolute atomic E-state index is 0.350. The fraction of sp³-hybridized carbons (Fsp3) is 0.538. The molecule has 0 bridgehead atoms. The van der Waals surface area contributed by atoms with E-state index in [4.69, 9.17) is 10.5 Å². The third kappa shape index (κ3) is 2.39. The molecule has 1 atom stereocenters. The van der Waals surface area contributed by atoms with Gasteiger partial charge in [0, 0.05) is 12.6 Å². The minimum atomic E-state index is -0.355. The van der Waals surface area contributed by atoms with Crippen LogP contribution in [-0.4, -0.2) is 30.1 Å². The van der Waals surface area contributed by atoms with Crippen LogP contribution >= 0.6 is 0 Å². The van der Waals surface area contributed by atoms with Gasteiger partial charge in [-0.25, -0.2) is 9.78 Å². The Balaban J connectivity index is 2.36. The monoisotopic (exact) mass is 249 g/mol. The summed E-state index contributed by atoms with van der Waals surface area (Å²) < 4.78 is 5.06. The van der Waals surface area contributed by atoms with Crippen molar-refractivity contribution >= 4 is 17.5 Å². The first-order valence-corrected chi connectivity index (χ1v) is 6.32. The summed E-state index contributed by atoms with van der Waals surface area (Å²) in [5, 5.41) is 0. The lowest BCUT2D eigenvalue weighted by molar-refractivity contribution is 0.0526. The number of nitrogens with zero attached hydrogens (tertiary/aromatic N) is 2. The maximum absolute atomic E-state index is 11.9. The molecule has 0 spiro atoms. The number of nitrogen functional groups attached to an aromatic ring is 1. The van der Waals surface area contributed by atoms with Crippen LogP contribution in [0.3, 0.4) is 0 Å². The summed E-state index contributed by atoms with van der Waals surface area (Å²) in [6.07, 6.45) is 3.83. The van der Waals surface area contributed by atoms with Crippen molar-refractivity contribution in [1.29, 1.82) is 0 Å². The molecule has 0 aliphatic carbocycles. The molecule has 0 saturated carbocycles. The van der Waals surface area contributed by atoms with Crippen molar-refractivity contribution in [2.45, 2.75) is 32.7 Å². The maximum atomic E-state index is 11.9. The van der Waals surface area contributed by atoms with E-state index in [0.29, 0.717) is 29.7 Å². The fourth-order valence-corrected chi connectivity index (χ4v) is 2.31. The van der Waals surface area contributed by atoms with Crippen LogP contribution in [0, 0.1) is 0 Å². The number of aromatic nitrogens is 1. The van der Waals surface area contributed by atoms with Crippen LogP contribution in [0.5, 0.6) is 0 Å². The molecule has 2 N–H and O–H groups in total. The van der Waals surface area contributed by atoms with Crippen LogP contribution in [0.15, 0.2) is 12.3 Å². The molecule has 5 nitrogen and oxygen atoms in total. The molecule has 2 rings (SSSR count). The van der Waals surface area contributed by atoms with Gasteiger partial charge in [-0.3, -0.25) is 0 Å². The Hall–Kier alpha value is -1.78. The van der Waals surface area contributed by atoms with Crippen molar-refractivity contribution in [1.82, 2.24) is 4.98 Å². The van der Waals surface area contributed by atoms with E-state index in [1.54, 1.807) is 19.2 Å². The Bertz CT molecular complexity index is 448. The van der Waals surface area contributed by atoms with Crippen molar-refractivity contribution in [2.24, 2.45) is 0 Å². The maximum Gasteiger partial charge on any atom is 0.341 e. The second-order valence-corrected chi connectivity index (χ2v) is 4.54. The van der Waals surface area contributed by atoms with E-state index in [0.717, 1.165) is 19.4 Å². The molecule has 1 saturated heterocycles. The van der Waals surface area contributed by atoms with Gasteiger partial charge >= 0.3 is 5.97 Å². The highest BCUT2D eigenvalue weighted by Gasteiger charge is 2.26. The number of esters is 1. The van der Waals surface area contributed by atoms with Crippen LogP contribution < -0.4 is 10.6 Å². The smallest absolute Gasteiger partial charge is 0.341 e. The van der Waals surface area contributed by atoms with Crippen molar-refractivity contribution in [3.63, 3.8) is 0 Å². The van der Waals surface area contributed by atoms with E-state index in [1.165, 1.54) is 0 Å². The van der Waals surface area contributed by atoms with E-state index in [-0.39, 0.29) is 5.97 Å². The predicted octanol–water partition coefficient (Wildman–Crippen LogP) is 1.83. The molecule has 98 valence electrons. The molecule has 1 aliphatic rings. The van der Waals surface area contributed by atoms with Gasteiger partial charge in [0.15, 0.2) is 0 Å². The van der Waals surface area contributed by atoms with Crippen LogP contribution in [0.4, 0.5) is 11.5 Å². The average Bonchev–Trinajstić information content (AvgIpc) is 2.76. The van der Waals surface area contributed by atoms with Gasteiger partial charge in [-0.15, -0.1) is 0 Å². The SMILES string of the molecule is CCOC(=O)c1cc(N)cnc1N1CCCC1C. The summed E-state index contributed by atoms with van der Waals surface area (Å²) >= 11 is 0. The van der Waals surface area contributed by atoms with E-state index in [2.05, 4.69) is 16.8 Å². The van der Waals surface area contributed by atoms with Crippen LogP contribution in [0.25, 0.3) is 0 Å². The molecule has 0 aromatic carbocycles. The van der Waals surface area contributed by atoms with Gasteiger partial charge in [0.2, 0.25) is 0 Å². The van der Waals surface area contributed by atoms with E-state index >= 15 is 0 Å². The molecule has 1 aromatic rings. The molecule has 1 fully saturated rings. The Kier molecular flexibility index (Phi) is 3.69. The van der Waals surface area contributed by atoms with Crippen LogP contribution in [0.2, 0.25) is 0 Å². The predicted molar refractivity (Wildman–Crippen MR) is 70.6 cm³/mol. The first kappa shape index (κ1) is 12.7. The van der Waals surface area contributed by atoms with Gasteiger partial charge in [0.1, 0.15) is 11.4 Å². The molecule has 1 aliphatic heterocycles. The minimum Gasteiger partial charge on any atom is -0.462 e. The quantitative estimate of drug-likeness (QED) is 0.828. The van der Waals surface area contributed by atoms with Crippen LogP contribution in [0.1, 0.15) is 37.0 Å². The molecule has 0 radical (unpaired) electrons. The Labute approximate surface area is 107 Å². The molecule has 18 heavy (non-hydrogen) atoms. The van der Waals surface area contributed by atoms with Gasteiger partial charge in [-0.1, -0.05) is 0 Å². The number of pyridine rings is 1. The zero-order valence-electron chi connectivity index (χ0n) is 10.8.